The highest BCUT2D eigenvalue weighted by Crippen LogP contribution is 2.53. The Morgan fingerprint density at radius 1 is 0.306 bits per heavy atom. The molecule has 2 heteroatoms. The number of anilines is 6. The molecule has 0 aromatic heterocycles. The van der Waals surface area contributed by atoms with Crippen LogP contribution < -0.4 is 9.80 Å². The fourth-order valence-corrected chi connectivity index (χ4v) is 9.27. The van der Waals surface area contributed by atoms with Crippen LogP contribution in [0.25, 0.3) is 43.4 Å². The van der Waals surface area contributed by atoms with Crippen molar-refractivity contribution in [3.63, 3.8) is 0 Å². The van der Waals surface area contributed by atoms with E-state index in [0.29, 0.717) is 0 Å². The van der Waals surface area contributed by atoms with Crippen molar-refractivity contribution in [1.82, 2.24) is 0 Å². The molecule has 0 spiro atoms. The Balaban J connectivity index is 1.46. The highest BCUT2D eigenvalue weighted by atomic mass is 15.2. The van der Waals surface area contributed by atoms with Gasteiger partial charge in [0, 0.05) is 27.7 Å². The summed E-state index contributed by atoms with van der Waals surface area (Å²) in [4.78, 5) is 5.07. The van der Waals surface area contributed by atoms with Crippen LogP contribution in [-0.2, 0) is 16.2 Å². The van der Waals surface area contributed by atoms with Gasteiger partial charge in [-0.15, -0.1) is 0 Å². The smallest absolute Gasteiger partial charge is 0.0564 e. The minimum Gasteiger partial charge on any atom is -0.309 e. The first kappa shape index (κ1) is 40.7. The average Bonchev–Trinajstić information content (AvgIpc) is 3.26. The maximum Gasteiger partial charge on any atom is 0.0564 e. The zero-order valence-electron chi connectivity index (χ0n) is 37.8. The van der Waals surface area contributed by atoms with Gasteiger partial charge in [-0.3, -0.25) is 0 Å². The predicted molar refractivity (Wildman–Crippen MR) is 270 cm³/mol. The van der Waals surface area contributed by atoms with Crippen molar-refractivity contribution < 1.29 is 0 Å². The van der Waals surface area contributed by atoms with Crippen LogP contribution in [0.2, 0.25) is 0 Å². The zero-order chi connectivity index (χ0) is 43.4. The van der Waals surface area contributed by atoms with Gasteiger partial charge in [0.05, 0.1) is 22.7 Å². The van der Waals surface area contributed by atoms with Crippen LogP contribution in [0.3, 0.4) is 0 Å². The molecule has 0 amide bonds. The molecule has 0 saturated heterocycles. The molecule has 2 nitrogen and oxygen atoms in total. The molecule has 0 aliphatic carbocycles. The van der Waals surface area contributed by atoms with Gasteiger partial charge in [-0.05, 0) is 109 Å². The van der Waals surface area contributed by atoms with E-state index in [1.807, 2.05) is 0 Å². The molecule has 0 unspecified atom stereocenters. The monoisotopic (exact) mass is 806 g/mol. The summed E-state index contributed by atoms with van der Waals surface area (Å²) in [5.41, 5.74) is 12.7. The first-order valence-electron chi connectivity index (χ1n) is 22.1. The van der Waals surface area contributed by atoms with Crippen molar-refractivity contribution in [2.45, 2.75) is 78.6 Å². The summed E-state index contributed by atoms with van der Waals surface area (Å²) in [7, 11) is 0. The maximum absolute atomic E-state index is 2.55. The van der Waals surface area contributed by atoms with Crippen LogP contribution >= 0.6 is 0 Å². The van der Waals surface area contributed by atoms with E-state index >= 15 is 0 Å². The van der Waals surface area contributed by atoms with Gasteiger partial charge in [-0.25, -0.2) is 0 Å². The molecule has 0 fully saturated rings. The molecule has 0 heterocycles. The number of rotatable bonds is 7. The second kappa shape index (κ2) is 15.7. The SMILES string of the molecule is CC(C)(C)c1cc(N(c2ccccc2)c2ccc(C(C)(C)C)c3ccccc23)c(-c2ccccc2)c(N(c2ccc3ccccc3c2)c2ccc(C(C)(C)C)c3ccccc23)c1. The second-order valence-corrected chi connectivity index (χ2v) is 19.9. The summed E-state index contributed by atoms with van der Waals surface area (Å²) in [6.45, 7) is 20.9. The molecular formula is C60H58N2. The number of para-hydroxylation sites is 1. The molecule has 9 rings (SSSR count). The number of benzene rings is 9. The summed E-state index contributed by atoms with van der Waals surface area (Å²) in [6.07, 6.45) is 0. The minimum atomic E-state index is -0.188. The molecule has 0 radical (unpaired) electrons. The lowest BCUT2D eigenvalue weighted by atomic mass is 9.82. The van der Waals surface area contributed by atoms with E-state index in [1.165, 1.54) is 49.0 Å². The van der Waals surface area contributed by atoms with Gasteiger partial charge < -0.3 is 9.80 Å². The number of hydrogen-bond acceptors (Lipinski definition) is 2. The minimum absolute atomic E-state index is 0.0318. The molecule has 0 aliphatic rings. The third-order valence-corrected chi connectivity index (χ3v) is 12.4. The standard InChI is InChI=1S/C60H58N2/c1-58(2,3)44-39-55(61(45-26-14-11-15-27-45)53-36-34-51(59(4,5)6)47-28-18-20-30-49(47)53)57(42-23-12-10-13-24-42)56(40-44)62(46-33-32-41-22-16-17-25-43(41)38-46)54-37-35-52(60(7,8)9)48-29-19-21-31-50(48)54/h10-40H,1-9H3. The zero-order valence-corrected chi connectivity index (χ0v) is 37.8. The van der Waals surface area contributed by atoms with E-state index in [9.17, 15) is 0 Å². The van der Waals surface area contributed by atoms with E-state index < -0.39 is 0 Å². The van der Waals surface area contributed by atoms with Gasteiger partial charge in [-0.2, -0.15) is 0 Å². The van der Waals surface area contributed by atoms with Crippen molar-refractivity contribution >= 4 is 66.4 Å². The largest absolute Gasteiger partial charge is 0.309 e. The second-order valence-electron chi connectivity index (χ2n) is 19.9. The Hall–Kier alpha value is -6.64. The average molecular weight is 807 g/mol. The van der Waals surface area contributed by atoms with E-state index in [2.05, 4.69) is 260 Å². The van der Waals surface area contributed by atoms with Crippen molar-refractivity contribution in [3.8, 4) is 11.1 Å². The summed E-state index contributed by atoms with van der Waals surface area (Å²) in [6, 6.07) is 70.0. The van der Waals surface area contributed by atoms with Gasteiger partial charge in [0.15, 0.2) is 0 Å². The molecule has 0 N–H and O–H groups in total. The highest BCUT2D eigenvalue weighted by molar-refractivity contribution is 6.08. The fourth-order valence-electron chi connectivity index (χ4n) is 9.27. The van der Waals surface area contributed by atoms with E-state index in [-0.39, 0.29) is 16.2 Å². The summed E-state index contributed by atoms with van der Waals surface area (Å²) >= 11 is 0. The molecule has 0 atom stereocenters. The third-order valence-electron chi connectivity index (χ3n) is 12.4. The molecule has 0 aliphatic heterocycles. The summed E-state index contributed by atoms with van der Waals surface area (Å²) in [5, 5.41) is 7.41. The molecule has 62 heavy (non-hydrogen) atoms. The lowest BCUT2D eigenvalue weighted by Gasteiger charge is -2.36. The maximum atomic E-state index is 2.55. The summed E-state index contributed by atoms with van der Waals surface area (Å²) < 4.78 is 0. The van der Waals surface area contributed by atoms with Crippen LogP contribution in [0.4, 0.5) is 34.1 Å². The number of hydrogen-bond donors (Lipinski definition) is 0. The lowest BCUT2D eigenvalue weighted by Crippen LogP contribution is -2.20. The van der Waals surface area contributed by atoms with Crippen LogP contribution in [0.5, 0.6) is 0 Å². The normalized spacial score (nSPS) is 12.3. The van der Waals surface area contributed by atoms with Crippen LogP contribution in [0, 0.1) is 0 Å². The van der Waals surface area contributed by atoms with E-state index in [4.69, 9.17) is 0 Å². The molecule has 308 valence electrons. The molecule has 9 aromatic carbocycles. The first-order valence-corrected chi connectivity index (χ1v) is 22.1. The fraction of sp³-hybridized carbons (Fsp3) is 0.200. The van der Waals surface area contributed by atoms with Crippen LogP contribution in [0.15, 0.2) is 188 Å². The lowest BCUT2D eigenvalue weighted by molar-refractivity contribution is 0.590. The van der Waals surface area contributed by atoms with Gasteiger partial charge >= 0.3 is 0 Å². The first-order chi connectivity index (χ1) is 29.7. The Morgan fingerprint density at radius 2 is 0.742 bits per heavy atom. The van der Waals surface area contributed by atoms with Crippen molar-refractivity contribution in [3.05, 3.63) is 205 Å². The highest BCUT2D eigenvalue weighted by Gasteiger charge is 2.31. The van der Waals surface area contributed by atoms with Crippen molar-refractivity contribution in [1.29, 1.82) is 0 Å². The summed E-state index contributed by atoms with van der Waals surface area (Å²) in [5.74, 6) is 0. The van der Waals surface area contributed by atoms with Crippen molar-refractivity contribution in [2.24, 2.45) is 0 Å². The van der Waals surface area contributed by atoms with Crippen molar-refractivity contribution in [2.75, 3.05) is 9.80 Å². The Kier molecular flexibility index (Phi) is 10.3. The van der Waals surface area contributed by atoms with Gasteiger partial charge in [0.25, 0.3) is 0 Å². The Bertz CT molecular complexity index is 3070. The third kappa shape index (κ3) is 7.53. The van der Waals surface area contributed by atoms with E-state index in [1.54, 1.807) is 0 Å². The Morgan fingerprint density at radius 3 is 1.24 bits per heavy atom. The number of fused-ring (bicyclic) bond motifs is 3. The van der Waals surface area contributed by atoms with E-state index in [0.717, 1.165) is 45.3 Å². The molecule has 0 saturated carbocycles. The molecule has 0 bridgehead atoms. The molecular weight excluding hydrogens is 749 g/mol. The quantitative estimate of drug-likeness (QED) is 0.158. The Labute approximate surface area is 369 Å². The van der Waals surface area contributed by atoms with Gasteiger partial charge in [-0.1, -0.05) is 202 Å². The topological polar surface area (TPSA) is 6.48 Å². The van der Waals surface area contributed by atoms with Gasteiger partial charge in [0.2, 0.25) is 0 Å². The predicted octanol–water partition coefficient (Wildman–Crippen LogP) is 17.6. The number of nitrogens with zero attached hydrogens (tertiary/aromatic N) is 2. The van der Waals surface area contributed by atoms with Gasteiger partial charge in [0.1, 0.15) is 0 Å². The van der Waals surface area contributed by atoms with Crippen LogP contribution in [-0.4, -0.2) is 0 Å². The molecule has 9 aromatic rings. The van der Waals surface area contributed by atoms with Crippen LogP contribution in [0.1, 0.15) is 79.0 Å².